The van der Waals surface area contributed by atoms with Crippen LogP contribution in [0, 0.1) is 0 Å². The van der Waals surface area contributed by atoms with E-state index in [4.69, 9.17) is 0 Å². The molecule has 28 heavy (non-hydrogen) atoms. The summed E-state index contributed by atoms with van der Waals surface area (Å²) in [5.41, 5.74) is 3.79. The third-order valence-electron chi connectivity index (χ3n) is 4.66. The lowest BCUT2D eigenvalue weighted by atomic mass is 9.99. The average molecular weight is 388 g/mol. The minimum Gasteiger partial charge on any atom is -0.312 e. The number of hydrogen-bond acceptors (Lipinski definition) is 5. The van der Waals surface area contributed by atoms with E-state index in [1.165, 1.54) is 5.56 Å². The lowest BCUT2D eigenvalue weighted by molar-refractivity contribution is 0.0993. The van der Waals surface area contributed by atoms with E-state index in [-0.39, 0.29) is 11.0 Å². The molecular formula is C22H20N4OS. The fourth-order valence-corrected chi connectivity index (χ4v) is 4.00. The standard InChI is InChI=1S/C22H20N4OS/c1-15(28-22-25-24-14-26(22)2)17-6-3-5-16(11-17)12-21(27)19-8-9-20-18(13-19)7-4-10-23-20/h3-11,13-15H,12H2,1-2H3. The predicted molar refractivity (Wildman–Crippen MR) is 111 cm³/mol. The Morgan fingerprint density at radius 3 is 2.86 bits per heavy atom. The zero-order valence-corrected chi connectivity index (χ0v) is 16.6. The quantitative estimate of drug-likeness (QED) is 0.356. The molecule has 0 spiro atoms. The molecule has 0 saturated carbocycles. The summed E-state index contributed by atoms with van der Waals surface area (Å²) in [4.78, 5) is 17.1. The number of ketones is 1. The molecule has 6 heteroatoms. The smallest absolute Gasteiger partial charge is 0.191 e. The number of fused-ring (bicyclic) bond motifs is 1. The van der Waals surface area contributed by atoms with Crippen molar-refractivity contribution in [2.45, 2.75) is 23.8 Å². The minimum absolute atomic E-state index is 0.108. The molecule has 0 aliphatic carbocycles. The first-order valence-electron chi connectivity index (χ1n) is 9.07. The number of hydrogen-bond donors (Lipinski definition) is 0. The Balaban J connectivity index is 1.50. The van der Waals surface area contributed by atoms with Gasteiger partial charge in [-0.1, -0.05) is 42.1 Å². The summed E-state index contributed by atoms with van der Waals surface area (Å²) < 4.78 is 1.91. The molecule has 1 unspecified atom stereocenters. The van der Waals surface area contributed by atoms with Crippen LogP contribution in [0.2, 0.25) is 0 Å². The molecule has 140 valence electrons. The summed E-state index contributed by atoms with van der Waals surface area (Å²) in [6.45, 7) is 2.14. The first kappa shape index (κ1) is 18.4. The summed E-state index contributed by atoms with van der Waals surface area (Å²) in [5.74, 6) is 0.108. The molecule has 2 aromatic carbocycles. The van der Waals surface area contributed by atoms with E-state index in [1.807, 2.05) is 54.1 Å². The van der Waals surface area contributed by atoms with Gasteiger partial charge in [0.15, 0.2) is 10.9 Å². The van der Waals surface area contributed by atoms with E-state index in [0.29, 0.717) is 12.0 Å². The number of carbonyl (C=O) groups excluding carboxylic acids is 1. The Morgan fingerprint density at radius 1 is 1.14 bits per heavy atom. The number of aromatic nitrogens is 4. The van der Waals surface area contributed by atoms with Crippen molar-refractivity contribution < 1.29 is 4.79 Å². The van der Waals surface area contributed by atoms with E-state index in [9.17, 15) is 4.79 Å². The highest BCUT2D eigenvalue weighted by atomic mass is 32.2. The summed E-state index contributed by atoms with van der Waals surface area (Å²) in [5, 5.41) is 10.1. The van der Waals surface area contributed by atoms with Crippen LogP contribution in [-0.2, 0) is 13.5 Å². The van der Waals surface area contributed by atoms with Crippen molar-refractivity contribution >= 4 is 28.4 Å². The van der Waals surface area contributed by atoms with Crippen molar-refractivity contribution in [1.82, 2.24) is 19.7 Å². The number of carbonyl (C=O) groups is 1. The molecule has 5 nitrogen and oxygen atoms in total. The Morgan fingerprint density at radius 2 is 2.04 bits per heavy atom. The van der Waals surface area contributed by atoms with E-state index >= 15 is 0 Å². The van der Waals surface area contributed by atoms with Gasteiger partial charge in [-0.3, -0.25) is 9.78 Å². The van der Waals surface area contributed by atoms with Crippen LogP contribution in [0.25, 0.3) is 10.9 Å². The zero-order chi connectivity index (χ0) is 19.5. The van der Waals surface area contributed by atoms with Gasteiger partial charge in [0.05, 0.1) is 5.52 Å². The second-order valence-electron chi connectivity index (χ2n) is 6.74. The van der Waals surface area contributed by atoms with Gasteiger partial charge in [-0.2, -0.15) is 0 Å². The van der Waals surface area contributed by atoms with Gasteiger partial charge in [0.2, 0.25) is 0 Å². The van der Waals surface area contributed by atoms with Crippen LogP contribution >= 0.6 is 11.8 Å². The molecule has 0 radical (unpaired) electrons. The highest BCUT2D eigenvalue weighted by Gasteiger charge is 2.13. The number of Topliss-reactive ketones (excluding diaryl/α,β-unsaturated/α-hetero) is 1. The van der Waals surface area contributed by atoms with Crippen molar-refractivity contribution in [3.8, 4) is 0 Å². The molecule has 2 heterocycles. The summed E-state index contributed by atoms with van der Waals surface area (Å²) >= 11 is 1.65. The van der Waals surface area contributed by atoms with E-state index in [2.05, 4.69) is 34.2 Å². The molecule has 0 fully saturated rings. The summed E-state index contributed by atoms with van der Waals surface area (Å²) in [6.07, 6.45) is 3.83. The van der Waals surface area contributed by atoms with Crippen LogP contribution in [0.15, 0.2) is 72.3 Å². The van der Waals surface area contributed by atoms with Crippen molar-refractivity contribution in [1.29, 1.82) is 0 Å². The van der Waals surface area contributed by atoms with Crippen molar-refractivity contribution in [2.24, 2.45) is 7.05 Å². The Hall–Kier alpha value is -2.99. The topological polar surface area (TPSA) is 60.7 Å². The Labute approximate surface area is 167 Å². The van der Waals surface area contributed by atoms with Gasteiger partial charge in [-0.25, -0.2) is 0 Å². The number of nitrogens with zero attached hydrogens (tertiary/aromatic N) is 4. The molecule has 0 aliphatic rings. The van der Waals surface area contributed by atoms with Gasteiger partial charge >= 0.3 is 0 Å². The number of rotatable bonds is 6. The normalized spacial score (nSPS) is 12.2. The number of pyridine rings is 1. The lowest BCUT2D eigenvalue weighted by Gasteiger charge is -2.12. The van der Waals surface area contributed by atoms with Gasteiger partial charge in [-0.15, -0.1) is 10.2 Å². The molecule has 0 aliphatic heterocycles. The van der Waals surface area contributed by atoms with Gasteiger partial charge in [0.25, 0.3) is 0 Å². The molecule has 0 bridgehead atoms. The van der Waals surface area contributed by atoms with Crippen molar-refractivity contribution in [3.63, 3.8) is 0 Å². The first-order valence-corrected chi connectivity index (χ1v) is 9.95. The van der Waals surface area contributed by atoms with E-state index in [0.717, 1.165) is 21.6 Å². The maximum absolute atomic E-state index is 12.8. The third-order valence-corrected chi connectivity index (χ3v) is 5.87. The van der Waals surface area contributed by atoms with Gasteiger partial charge < -0.3 is 4.57 Å². The SMILES string of the molecule is CC(Sc1nncn1C)c1cccc(CC(=O)c2ccc3ncccc3c2)c1. The second-order valence-corrected chi connectivity index (χ2v) is 8.05. The fourth-order valence-electron chi connectivity index (χ4n) is 3.10. The number of aryl methyl sites for hydroxylation is 1. The zero-order valence-electron chi connectivity index (χ0n) is 15.7. The van der Waals surface area contributed by atoms with Gasteiger partial charge in [0.1, 0.15) is 6.33 Å². The van der Waals surface area contributed by atoms with Crippen LogP contribution in [0.5, 0.6) is 0 Å². The van der Waals surface area contributed by atoms with Crippen LogP contribution in [0.4, 0.5) is 0 Å². The molecule has 4 rings (SSSR count). The van der Waals surface area contributed by atoms with Crippen molar-refractivity contribution in [2.75, 3.05) is 0 Å². The van der Waals surface area contributed by atoms with Crippen molar-refractivity contribution in [3.05, 3.63) is 83.8 Å². The monoisotopic (exact) mass is 388 g/mol. The number of thioether (sulfide) groups is 1. The summed E-state index contributed by atoms with van der Waals surface area (Å²) in [6, 6.07) is 17.7. The predicted octanol–water partition coefficient (Wildman–Crippen LogP) is 4.64. The van der Waals surface area contributed by atoms with Crippen LogP contribution < -0.4 is 0 Å². The van der Waals surface area contributed by atoms with Crippen LogP contribution in [-0.4, -0.2) is 25.5 Å². The maximum Gasteiger partial charge on any atom is 0.191 e. The Bertz CT molecular complexity index is 1140. The highest BCUT2D eigenvalue weighted by molar-refractivity contribution is 7.99. The Kier molecular flexibility index (Phi) is 5.21. The molecule has 2 aromatic heterocycles. The largest absolute Gasteiger partial charge is 0.312 e. The first-order chi connectivity index (χ1) is 13.6. The molecular weight excluding hydrogens is 368 g/mol. The van der Waals surface area contributed by atoms with Crippen LogP contribution in [0.1, 0.15) is 33.7 Å². The minimum atomic E-state index is 0.108. The lowest BCUT2D eigenvalue weighted by Crippen LogP contribution is -2.04. The van der Waals surface area contributed by atoms with E-state index in [1.54, 1.807) is 24.3 Å². The molecule has 0 saturated heterocycles. The molecule has 0 amide bonds. The van der Waals surface area contributed by atoms with E-state index < -0.39 is 0 Å². The summed E-state index contributed by atoms with van der Waals surface area (Å²) in [7, 11) is 1.93. The molecule has 0 N–H and O–H groups in total. The highest BCUT2D eigenvalue weighted by Crippen LogP contribution is 2.33. The molecule has 1 atom stereocenters. The average Bonchev–Trinajstić information content (AvgIpc) is 3.12. The maximum atomic E-state index is 12.8. The van der Waals surface area contributed by atoms with Gasteiger partial charge in [-0.05, 0) is 42.3 Å². The van der Waals surface area contributed by atoms with Gasteiger partial charge in [0, 0.05) is 35.9 Å². The van der Waals surface area contributed by atoms with Crippen LogP contribution in [0.3, 0.4) is 0 Å². The third kappa shape index (κ3) is 3.97. The fraction of sp³-hybridized carbons (Fsp3) is 0.182. The second kappa shape index (κ2) is 7.94. The molecule has 4 aromatic rings. The number of benzene rings is 2.